The molecule has 2 rings (SSSR count). The molecule has 0 spiro atoms. The average Bonchev–Trinajstić information content (AvgIpc) is 2.74. The number of anilines is 1. The van der Waals surface area contributed by atoms with Crippen molar-refractivity contribution in [2.45, 2.75) is 39.3 Å². The molecule has 31 heavy (non-hydrogen) atoms. The number of sulfonamides is 1. The number of nitrogens with one attached hydrogen (secondary N) is 1. The number of hydrogen-bond donors (Lipinski definition) is 1. The van der Waals surface area contributed by atoms with Crippen molar-refractivity contribution in [2.75, 3.05) is 24.2 Å². The highest BCUT2D eigenvalue weighted by Gasteiger charge is 2.26. The monoisotopic (exact) mass is 445 g/mol. The topological polar surface area (TPSA) is 86.8 Å². The van der Waals surface area contributed by atoms with Crippen molar-refractivity contribution in [3.8, 4) is 0 Å². The molecule has 2 amide bonds. The van der Waals surface area contributed by atoms with Crippen LogP contribution in [-0.4, -0.2) is 51.0 Å². The van der Waals surface area contributed by atoms with Gasteiger partial charge in [0.15, 0.2) is 0 Å². The van der Waals surface area contributed by atoms with E-state index in [1.165, 1.54) is 16.3 Å². The summed E-state index contributed by atoms with van der Waals surface area (Å²) in [5.74, 6) is -0.445. The quantitative estimate of drug-likeness (QED) is 0.609. The molecule has 0 heterocycles. The van der Waals surface area contributed by atoms with Crippen LogP contribution in [-0.2, 0) is 26.2 Å². The third-order valence-corrected chi connectivity index (χ3v) is 6.28. The molecule has 0 aliphatic heterocycles. The SMILES string of the molecule is CNC(=O)[C@@H](C)N(Cc1ccccc1)C(=O)CCCN(c1ccc(C)cc1)S(C)(=O)=O. The minimum Gasteiger partial charge on any atom is -0.357 e. The van der Waals surface area contributed by atoms with Gasteiger partial charge in [-0.3, -0.25) is 13.9 Å². The zero-order valence-electron chi connectivity index (χ0n) is 18.5. The van der Waals surface area contributed by atoms with Crippen molar-refractivity contribution in [3.05, 3.63) is 65.7 Å². The van der Waals surface area contributed by atoms with Crippen LogP contribution in [0.5, 0.6) is 0 Å². The number of rotatable bonds is 10. The molecular weight excluding hydrogens is 414 g/mol. The summed E-state index contributed by atoms with van der Waals surface area (Å²) in [5, 5.41) is 2.59. The highest BCUT2D eigenvalue weighted by atomic mass is 32.2. The number of aryl methyl sites for hydroxylation is 1. The fraction of sp³-hybridized carbons (Fsp3) is 0.391. The molecular formula is C23H31N3O4S. The zero-order chi connectivity index (χ0) is 23.0. The van der Waals surface area contributed by atoms with Crippen LogP contribution in [0.15, 0.2) is 54.6 Å². The fourth-order valence-corrected chi connectivity index (χ4v) is 4.25. The van der Waals surface area contributed by atoms with E-state index in [2.05, 4.69) is 5.32 Å². The first-order valence-corrected chi connectivity index (χ1v) is 12.1. The second kappa shape index (κ2) is 10.9. The number of carbonyl (C=O) groups is 2. The molecule has 7 nitrogen and oxygen atoms in total. The van der Waals surface area contributed by atoms with Gasteiger partial charge in [0.25, 0.3) is 0 Å². The van der Waals surface area contributed by atoms with Crippen molar-refractivity contribution in [3.63, 3.8) is 0 Å². The number of hydrogen-bond acceptors (Lipinski definition) is 4. The average molecular weight is 446 g/mol. The van der Waals surface area contributed by atoms with E-state index >= 15 is 0 Å². The highest BCUT2D eigenvalue weighted by Crippen LogP contribution is 2.19. The first kappa shape index (κ1) is 24.4. The molecule has 2 aromatic rings. The van der Waals surface area contributed by atoms with E-state index in [1.807, 2.05) is 49.4 Å². The molecule has 1 atom stereocenters. The molecule has 8 heteroatoms. The summed E-state index contributed by atoms with van der Waals surface area (Å²) in [4.78, 5) is 26.7. The predicted molar refractivity (Wildman–Crippen MR) is 123 cm³/mol. The van der Waals surface area contributed by atoms with Crippen molar-refractivity contribution >= 4 is 27.5 Å². The Kier molecular flexibility index (Phi) is 8.62. The van der Waals surface area contributed by atoms with Gasteiger partial charge in [-0.2, -0.15) is 0 Å². The van der Waals surface area contributed by atoms with Crippen molar-refractivity contribution in [1.29, 1.82) is 0 Å². The van der Waals surface area contributed by atoms with Crippen LogP contribution in [0.25, 0.3) is 0 Å². The first-order chi connectivity index (χ1) is 14.6. The summed E-state index contributed by atoms with van der Waals surface area (Å²) in [6.07, 6.45) is 1.63. The second-order valence-corrected chi connectivity index (χ2v) is 9.48. The lowest BCUT2D eigenvalue weighted by Crippen LogP contribution is -2.46. The first-order valence-electron chi connectivity index (χ1n) is 10.2. The smallest absolute Gasteiger partial charge is 0.242 e. The molecule has 0 fully saturated rings. The number of likely N-dealkylation sites (N-methyl/N-ethyl adjacent to an activating group) is 1. The van der Waals surface area contributed by atoms with E-state index in [9.17, 15) is 18.0 Å². The van der Waals surface area contributed by atoms with E-state index in [4.69, 9.17) is 0 Å². The Hall–Kier alpha value is -2.87. The van der Waals surface area contributed by atoms with Crippen LogP contribution in [0.3, 0.4) is 0 Å². The highest BCUT2D eigenvalue weighted by molar-refractivity contribution is 7.92. The van der Waals surface area contributed by atoms with Crippen molar-refractivity contribution in [1.82, 2.24) is 10.2 Å². The van der Waals surface area contributed by atoms with E-state index in [1.54, 1.807) is 19.1 Å². The Labute approximate surface area is 185 Å². The van der Waals surface area contributed by atoms with Gasteiger partial charge in [-0.15, -0.1) is 0 Å². The number of nitrogens with zero attached hydrogens (tertiary/aromatic N) is 2. The van der Waals surface area contributed by atoms with Gasteiger partial charge in [0, 0.05) is 26.6 Å². The Morgan fingerprint density at radius 3 is 2.19 bits per heavy atom. The van der Waals surface area contributed by atoms with Crippen molar-refractivity contribution in [2.24, 2.45) is 0 Å². The van der Waals surface area contributed by atoms with Gasteiger partial charge in [0.05, 0.1) is 11.9 Å². The molecule has 0 aliphatic carbocycles. The molecule has 0 saturated carbocycles. The van der Waals surface area contributed by atoms with Gasteiger partial charge in [0.1, 0.15) is 6.04 Å². The largest absolute Gasteiger partial charge is 0.357 e. The predicted octanol–water partition coefficient (Wildman–Crippen LogP) is 2.70. The molecule has 0 aromatic heterocycles. The third-order valence-electron chi connectivity index (χ3n) is 5.08. The Morgan fingerprint density at radius 2 is 1.65 bits per heavy atom. The second-order valence-electron chi connectivity index (χ2n) is 7.57. The van der Waals surface area contributed by atoms with Gasteiger partial charge in [-0.25, -0.2) is 8.42 Å². The van der Waals surface area contributed by atoms with Gasteiger partial charge in [-0.05, 0) is 38.0 Å². The molecule has 168 valence electrons. The normalized spacial score (nSPS) is 12.1. The lowest BCUT2D eigenvalue weighted by molar-refractivity contribution is -0.140. The number of amides is 2. The molecule has 0 saturated heterocycles. The van der Waals surface area contributed by atoms with E-state index in [0.717, 1.165) is 17.4 Å². The van der Waals surface area contributed by atoms with Gasteiger partial charge >= 0.3 is 0 Å². The van der Waals surface area contributed by atoms with Crippen LogP contribution in [0, 0.1) is 6.92 Å². The lowest BCUT2D eigenvalue weighted by Gasteiger charge is -2.29. The summed E-state index contributed by atoms with van der Waals surface area (Å²) in [6.45, 7) is 4.11. The Bertz CT molecular complexity index is 976. The minimum absolute atomic E-state index is 0.131. The van der Waals surface area contributed by atoms with Crippen LogP contribution < -0.4 is 9.62 Å². The maximum Gasteiger partial charge on any atom is 0.242 e. The van der Waals surface area contributed by atoms with E-state index < -0.39 is 16.1 Å². The molecule has 0 unspecified atom stereocenters. The standard InChI is InChI=1S/C23H31N3O4S/c1-18-12-14-21(15-13-18)26(31(4,29)30)16-8-11-22(27)25(19(2)23(28)24-3)17-20-9-6-5-7-10-20/h5-7,9-10,12-15,19H,8,11,16-17H2,1-4H3,(H,24,28)/t19-/m1/s1. The molecule has 0 radical (unpaired) electrons. The van der Waals surface area contributed by atoms with Crippen LogP contribution in [0.2, 0.25) is 0 Å². The third kappa shape index (κ3) is 7.10. The minimum atomic E-state index is -3.49. The van der Waals surface area contributed by atoms with Crippen LogP contribution in [0.4, 0.5) is 5.69 Å². The number of carbonyl (C=O) groups excluding carboxylic acids is 2. The summed E-state index contributed by atoms with van der Waals surface area (Å²) in [5.41, 5.74) is 2.52. The van der Waals surface area contributed by atoms with Crippen molar-refractivity contribution < 1.29 is 18.0 Å². The fourth-order valence-electron chi connectivity index (χ4n) is 3.29. The summed E-state index contributed by atoms with van der Waals surface area (Å²) >= 11 is 0. The molecule has 1 N–H and O–H groups in total. The van der Waals surface area contributed by atoms with E-state index in [-0.39, 0.29) is 24.8 Å². The van der Waals surface area contributed by atoms with Gasteiger partial charge in [-0.1, -0.05) is 48.0 Å². The van der Waals surface area contributed by atoms with Crippen LogP contribution in [0.1, 0.15) is 30.9 Å². The molecule has 2 aromatic carbocycles. The van der Waals surface area contributed by atoms with Gasteiger partial charge in [0.2, 0.25) is 21.8 Å². The Morgan fingerprint density at radius 1 is 1.03 bits per heavy atom. The van der Waals surface area contributed by atoms with Gasteiger partial charge < -0.3 is 10.2 Å². The zero-order valence-corrected chi connectivity index (χ0v) is 19.4. The van der Waals surface area contributed by atoms with E-state index in [0.29, 0.717) is 18.7 Å². The molecule has 0 bridgehead atoms. The summed E-state index contributed by atoms with van der Waals surface area (Å²) in [6, 6.07) is 16.0. The Balaban J connectivity index is 2.11. The maximum atomic E-state index is 13.0. The van der Waals surface area contributed by atoms with Crippen LogP contribution >= 0.6 is 0 Å². The summed E-state index contributed by atoms with van der Waals surface area (Å²) in [7, 11) is -1.95. The maximum absolute atomic E-state index is 13.0. The number of benzene rings is 2. The molecule has 0 aliphatic rings. The lowest BCUT2D eigenvalue weighted by atomic mass is 10.1. The summed E-state index contributed by atoms with van der Waals surface area (Å²) < 4.78 is 25.9.